The first-order valence-electron chi connectivity index (χ1n) is 7.97. The molecule has 1 amide bonds. The fourth-order valence-corrected chi connectivity index (χ4v) is 2.85. The number of amides is 1. The highest BCUT2D eigenvalue weighted by Crippen LogP contribution is 2.32. The van der Waals surface area contributed by atoms with Crippen molar-refractivity contribution in [3.63, 3.8) is 0 Å². The average Bonchev–Trinajstić information content (AvgIpc) is 3.42. The summed E-state index contributed by atoms with van der Waals surface area (Å²) in [5.74, 6) is -0.466. The smallest absolute Gasteiger partial charge is 0.252 e. The van der Waals surface area contributed by atoms with E-state index in [4.69, 9.17) is 11.6 Å². The number of nitrogens with one attached hydrogen (secondary N) is 1. The maximum Gasteiger partial charge on any atom is 0.252 e. The SMILES string of the molecule is CNC(C(=O)c1ccc(Cl)cc1)C(=O)N(c1ccccc1)C1CC1.Cl. The highest BCUT2D eigenvalue weighted by atomic mass is 35.5. The number of benzene rings is 2. The van der Waals surface area contributed by atoms with Gasteiger partial charge in [0.05, 0.1) is 0 Å². The van der Waals surface area contributed by atoms with E-state index < -0.39 is 6.04 Å². The van der Waals surface area contributed by atoms with E-state index in [0.717, 1.165) is 18.5 Å². The fourth-order valence-electron chi connectivity index (χ4n) is 2.73. The van der Waals surface area contributed by atoms with Crippen molar-refractivity contribution in [1.29, 1.82) is 0 Å². The van der Waals surface area contributed by atoms with Gasteiger partial charge in [0.2, 0.25) is 0 Å². The third kappa shape index (κ3) is 4.40. The Hall–Kier alpha value is -1.88. The maximum atomic E-state index is 13.1. The molecule has 2 aromatic carbocycles. The van der Waals surface area contributed by atoms with Crippen molar-refractivity contribution >= 4 is 41.4 Å². The van der Waals surface area contributed by atoms with Crippen LogP contribution in [0.4, 0.5) is 5.69 Å². The van der Waals surface area contributed by atoms with Crippen LogP contribution in [0.15, 0.2) is 54.6 Å². The van der Waals surface area contributed by atoms with Crippen LogP contribution in [-0.2, 0) is 4.79 Å². The van der Waals surface area contributed by atoms with Gasteiger partial charge in [-0.25, -0.2) is 0 Å². The van der Waals surface area contributed by atoms with Crippen LogP contribution in [0.2, 0.25) is 5.02 Å². The van der Waals surface area contributed by atoms with Gasteiger partial charge in [0.1, 0.15) is 0 Å². The van der Waals surface area contributed by atoms with Crippen molar-refractivity contribution in [3.05, 3.63) is 65.2 Å². The zero-order chi connectivity index (χ0) is 17.1. The standard InChI is InChI=1S/C19H19ClN2O2.ClH/c1-21-17(18(23)13-7-9-14(20)10-8-13)19(24)22(16-11-12-16)15-5-3-2-4-6-15;/h2-10,16-17,21H,11-12H2,1H3;1H. The number of hydrogen-bond donors (Lipinski definition) is 1. The van der Waals surface area contributed by atoms with E-state index in [9.17, 15) is 9.59 Å². The molecule has 1 aliphatic rings. The molecule has 0 bridgehead atoms. The second-order valence-electron chi connectivity index (χ2n) is 5.87. The second-order valence-corrected chi connectivity index (χ2v) is 6.30. The Balaban J connectivity index is 0.00000225. The zero-order valence-electron chi connectivity index (χ0n) is 13.8. The fraction of sp³-hybridized carbons (Fsp3) is 0.263. The number of Topliss-reactive ketones (excluding diaryl/α,β-unsaturated/α-hetero) is 1. The molecule has 1 atom stereocenters. The lowest BCUT2D eigenvalue weighted by molar-refractivity contribution is -0.119. The van der Waals surface area contributed by atoms with Gasteiger partial charge in [-0.15, -0.1) is 12.4 Å². The molecule has 0 saturated heterocycles. The molecule has 1 unspecified atom stereocenters. The molecule has 0 aliphatic heterocycles. The van der Waals surface area contributed by atoms with E-state index in [0.29, 0.717) is 10.6 Å². The lowest BCUT2D eigenvalue weighted by Crippen LogP contribution is -2.50. The van der Waals surface area contributed by atoms with Crippen LogP contribution in [0, 0.1) is 0 Å². The Kier molecular flexibility index (Phi) is 6.59. The molecule has 1 aliphatic carbocycles. The van der Waals surface area contributed by atoms with Gasteiger partial charge >= 0.3 is 0 Å². The van der Waals surface area contributed by atoms with E-state index in [1.807, 2.05) is 30.3 Å². The highest BCUT2D eigenvalue weighted by molar-refractivity contribution is 6.30. The maximum absolute atomic E-state index is 13.1. The summed E-state index contributed by atoms with van der Waals surface area (Å²) in [6, 6.07) is 15.4. The van der Waals surface area contributed by atoms with Gasteiger partial charge in [0.25, 0.3) is 5.91 Å². The van der Waals surface area contributed by atoms with Crippen molar-refractivity contribution in [2.75, 3.05) is 11.9 Å². The topological polar surface area (TPSA) is 49.4 Å². The Morgan fingerprint density at radius 3 is 2.20 bits per heavy atom. The van der Waals surface area contributed by atoms with Gasteiger partial charge in [-0.1, -0.05) is 29.8 Å². The van der Waals surface area contributed by atoms with Gasteiger partial charge in [-0.2, -0.15) is 0 Å². The quantitative estimate of drug-likeness (QED) is 0.615. The normalized spacial score (nSPS) is 14.3. The van der Waals surface area contributed by atoms with Gasteiger partial charge in [-0.05, 0) is 56.3 Å². The van der Waals surface area contributed by atoms with Crippen LogP contribution in [0.25, 0.3) is 0 Å². The summed E-state index contributed by atoms with van der Waals surface area (Å²) < 4.78 is 0. The van der Waals surface area contributed by atoms with E-state index >= 15 is 0 Å². The largest absolute Gasteiger partial charge is 0.308 e. The van der Waals surface area contributed by atoms with Gasteiger partial charge in [0, 0.05) is 22.3 Å². The summed E-state index contributed by atoms with van der Waals surface area (Å²) in [7, 11) is 1.63. The summed E-state index contributed by atoms with van der Waals surface area (Å²) >= 11 is 5.87. The summed E-state index contributed by atoms with van der Waals surface area (Å²) in [5, 5.41) is 3.43. The van der Waals surface area contributed by atoms with E-state index in [-0.39, 0.29) is 30.1 Å². The van der Waals surface area contributed by atoms with E-state index in [1.54, 1.807) is 36.2 Å². The molecular weight excluding hydrogens is 359 g/mol. The number of likely N-dealkylation sites (N-methyl/N-ethyl adjacent to an activating group) is 1. The molecule has 1 fully saturated rings. The molecule has 0 aromatic heterocycles. The Labute approximate surface area is 158 Å². The molecule has 0 radical (unpaired) electrons. The van der Waals surface area contributed by atoms with Crippen molar-refractivity contribution < 1.29 is 9.59 Å². The number of ketones is 1. The lowest BCUT2D eigenvalue weighted by atomic mass is 10.0. The first-order valence-corrected chi connectivity index (χ1v) is 8.35. The minimum Gasteiger partial charge on any atom is -0.308 e. The van der Waals surface area contributed by atoms with Crippen LogP contribution >= 0.6 is 24.0 Å². The molecule has 4 nitrogen and oxygen atoms in total. The van der Waals surface area contributed by atoms with Crippen LogP contribution in [0.5, 0.6) is 0 Å². The van der Waals surface area contributed by atoms with Crippen LogP contribution in [0.1, 0.15) is 23.2 Å². The molecule has 0 heterocycles. The molecule has 1 N–H and O–H groups in total. The van der Waals surface area contributed by atoms with Crippen LogP contribution < -0.4 is 10.2 Å². The number of halogens is 2. The third-order valence-electron chi connectivity index (χ3n) is 4.11. The predicted molar refractivity (Wildman–Crippen MR) is 103 cm³/mol. The number of carbonyl (C=O) groups is 2. The summed E-state index contributed by atoms with van der Waals surface area (Å²) in [6.07, 6.45) is 1.93. The first-order chi connectivity index (χ1) is 11.6. The Morgan fingerprint density at radius 1 is 1.08 bits per heavy atom. The number of para-hydroxylation sites is 1. The molecule has 2 aromatic rings. The molecule has 25 heavy (non-hydrogen) atoms. The van der Waals surface area contributed by atoms with Gasteiger partial charge in [-0.3, -0.25) is 9.59 Å². The van der Waals surface area contributed by atoms with E-state index in [1.165, 1.54) is 0 Å². The van der Waals surface area contributed by atoms with Crippen molar-refractivity contribution in [1.82, 2.24) is 5.32 Å². The molecule has 6 heteroatoms. The first kappa shape index (κ1) is 19.4. The predicted octanol–water partition coefficient (Wildman–Crippen LogP) is 3.73. The van der Waals surface area contributed by atoms with Gasteiger partial charge < -0.3 is 10.2 Å². The second kappa shape index (κ2) is 8.48. The number of nitrogens with zero attached hydrogens (tertiary/aromatic N) is 1. The summed E-state index contributed by atoms with van der Waals surface area (Å²) in [4.78, 5) is 27.6. The zero-order valence-corrected chi connectivity index (χ0v) is 15.4. The number of hydrogen-bond acceptors (Lipinski definition) is 3. The molecule has 3 rings (SSSR count). The number of carbonyl (C=O) groups excluding carboxylic acids is 2. The molecule has 1 saturated carbocycles. The summed E-state index contributed by atoms with van der Waals surface area (Å²) in [5.41, 5.74) is 1.30. The minimum atomic E-state index is -0.910. The monoisotopic (exact) mass is 378 g/mol. The number of rotatable bonds is 6. The third-order valence-corrected chi connectivity index (χ3v) is 4.36. The van der Waals surface area contributed by atoms with Crippen molar-refractivity contribution in [2.45, 2.75) is 24.9 Å². The van der Waals surface area contributed by atoms with Crippen LogP contribution in [-0.4, -0.2) is 30.8 Å². The minimum absolute atomic E-state index is 0. The van der Waals surface area contributed by atoms with E-state index in [2.05, 4.69) is 5.32 Å². The van der Waals surface area contributed by atoms with Crippen LogP contribution in [0.3, 0.4) is 0 Å². The Bertz CT molecular complexity index is 731. The lowest BCUT2D eigenvalue weighted by Gasteiger charge is -2.26. The average molecular weight is 379 g/mol. The molecule has 132 valence electrons. The summed E-state index contributed by atoms with van der Waals surface area (Å²) in [6.45, 7) is 0. The highest BCUT2D eigenvalue weighted by Gasteiger charge is 2.39. The van der Waals surface area contributed by atoms with Crippen molar-refractivity contribution in [3.8, 4) is 0 Å². The number of anilines is 1. The molecule has 0 spiro atoms. The molecular formula is C19H20Cl2N2O2. The van der Waals surface area contributed by atoms with Gasteiger partial charge in [0.15, 0.2) is 11.8 Å². The Morgan fingerprint density at radius 2 is 1.68 bits per heavy atom. The van der Waals surface area contributed by atoms with Crippen molar-refractivity contribution in [2.24, 2.45) is 0 Å².